The van der Waals surface area contributed by atoms with Crippen molar-refractivity contribution in [3.63, 3.8) is 0 Å². The quantitative estimate of drug-likeness (QED) is 0.653. The van der Waals surface area contributed by atoms with Gasteiger partial charge in [0.2, 0.25) is 0 Å². The van der Waals surface area contributed by atoms with Crippen molar-refractivity contribution < 1.29 is 4.79 Å². The largest absolute Gasteiger partial charge is 0.401 e. The van der Waals surface area contributed by atoms with Gasteiger partial charge in [-0.1, -0.05) is 56.5 Å². The standard InChI is InChI=1S/C22H33N3OS/c1-15(2)19-10-6-7-11-20(19)17(4)27-21(16(3)23)22(26)24-13-12-18-9-8-14-25(18)5/h6-7,10-11,15,18H,4,8-9,12-14,23H2,1-3,5H3,(H,24,26)/b21-16-. The van der Waals surface area contributed by atoms with Crippen LogP contribution >= 0.6 is 11.8 Å². The number of carbonyl (C=O) groups is 1. The Morgan fingerprint density at radius 2 is 2.11 bits per heavy atom. The van der Waals surface area contributed by atoms with Crippen LogP contribution in [-0.4, -0.2) is 37.0 Å². The molecular formula is C22H33N3OS. The molecule has 0 saturated carbocycles. The minimum Gasteiger partial charge on any atom is -0.401 e. The molecule has 1 aliphatic heterocycles. The van der Waals surface area contributed by atoms with Crippen LogP contribution in [0.3, 0.4) is 0 Å². The Balaban J connectivity index is 2.00. The molecule has 4 nitrogen and oxygen atoms in total. The van der Waals surface area contributed by atoms with Crippen molar-refractivity contribution in [3.05, 3.63) is 52.6 Å². The molecule has 1 heterocycles. The van der Waals surface area contributed by atoms with Crippen LogP contribution in [0.25, 0.3) is 4.91 Å². The molecule has 2 rings (SSSR count). The highest BCUT2D eigenvalue weighted by Gasteiger charge is 2.21. The number of nitrogens with one attached hydrogen (secondary N) is 1. The summed E-state index contributed by atoms with van der Waals surface area (Å²) < 4.78 is 0. The smallest absolute Gasteiger partial charge is 0.259 e. The fourth-order valence-corrected chi connectivity index (χ4v) is 4.38. The normalized spacial score (nSPS) is 18.5. The molecule has 1 unspecified atom stereocenters. The van der Waals surface area contributed by atoms with Gasteiger partial charge < -0.3 is 16.0 Å². The Bertz CT molecular complexity index is 707. The third-order valence-electron chi connectivity index (χ3n) is 5.11. The van der Waals surface area contributed by atoms with Gasteiger partial charge >= 0.3 is 0 Å². The maximum atomic E-state index is 12.7. The lowest BCUT2D eigenvalue weighted by atomic mass is 9.97. The fourth-order valence-electron chi connectivity index (χ4n) is 3.52. The second kappa shape index (κ2) is 10.00. The van der Waals surface area contributed by atoms with Crippen molar-refractivity contribution in [2.24, 2.45) is 5.73 Å². The van der Waals surface area contributed by atoms with Gasteiger partial charge in [0, 0.05) is 23.2 Å². The van der Waals surface area contributed by atoms with Gasteiger partial charge in [-0.3, -0.25) is 4.79 Å². The van der Waals surface area contributed by atoms with Gasteiger partial charge in [0.1, 0.15) is 0 Å². The van der Waals surface area contributed by atoms with E-state index in [9.17, 15) is 4.79 Å². The van der Waals surface area contributed by atoms with Crippen molar-refractivity contribution in [3.8, 4) is 0 Å². The van der Waals surface area contributed by atoms with Crippen LogP contribution in [0.1, 0.15) is 57.1 Å². The Hall–Kier alpha value is -1.72. The fraction of sp³-hybridized carbons (Fsp3) is 0.500. The van der Waals surface area contributed by atoms with E-state index in [1.807, 2.05) is 12.1 Å². The van der Waals surface area contributed by atoms with E-state index in [0.29, 0.717) is 29.1 Å². The molecule has 1 fully saturated rings. The topological polar surface area (TPSA) is 58.4 Å². The van der Waals surface area contributed by atoms with Crippen molar-refractivity contribution in [1.29, 1.82) is 0 Å². The van der Waals surface area contributed by atoms with E-state index in [-0.39, 0.29) is 5.91 Å². The second-order valence-electron chi connectivity index (χ2n) is 7.60. The zero-order valence-corrected chi connectivity index (χ0v) is 17.9. The lowest BCUT2D eigenvalue weighted by Gasteiger charge is -2.20. The van der Waals surface area contributed by atoms with E-state index in [1.165, 1.54) is 30.2 Å². The molecule has 0 bridgehead atoms. The molecule has 0 radical (unpaired) electrons. The predicted molar refractivity (Wildman–Crippen MR) is 117 cm³/mol. The van der Waals surface area contributed by atoms with Crippen LogP contribution in [0.2, 0.25) is 0 Å². The monoisotopic (exact) mass is 387 g/mol. The van der Waals surface area contributed by atoms with Gasteiger partial charge in [-0.25, -0.2) is 0 Å². The van der Waals surface area contributed by atoms with Gasteiger partial charge in [-0.05, 0) is 56.8 Å². The number of carbonyl (C=O) groups excluding carboxylic acids is 1. The van der Waals surface area contributed by atoms with Crippen molar-refractivity contribution in [2.75, 3.05) is 20.1 Å². The van der Waals surface area contributed by atoms with E-state index < -0.39 is 0 Å². The summed E-state index contributed by atoms with van der Waals surface area (Å²) in [5, 5.41) is 3.04. The number of allylic oxidation sites excluding steroid dienone is 1. The van der Waals surface area contributed by atoms with Gasteiger partial charge in [0.15, 0.2) is 0 Å². The number of nitrogens with zero attached hydrogens (tertiary/aromatic N) is 1. The van der Waals surface area contributed by atoms with Crippen LogP contribution in [0, 0.1) is 0 Å². The zero-order valence-electron chi connectivity index (χ0n) is 17.0. The summed E-state index contributed by atoms with van der Waals surface area (Å²) in [5.74, 6) is 0.283. The Morgan fingerprint density at radius 3 is 2.70 bits per heavy atom. The first-order valence-corrected chi connectivity index (χ1v) is 10.5. The van der Waals surface area contributed by atoms with Crippen LogP contribution < -0.4 is 11.1 Å². The third kappa shape index (κ3) is 5.88. The SMILES string of the molecule is C=C(S/C(C(=O)NCCC1CCCN1C)=C(/C)N)c1ccccc1C(C)C. The van der Waals surface area contributed by atoms with Gasteiger partial charge in [0.05, 0.1) is 4.91 Å². The molecule has 27 heavy (non-hydrogen) atoms. The van der Waals surface area contributed by atoms with Crippen LogP contribution in [0.15, 0.2) is 41.4 Å². The number of thioether (sulfide) groups is 1. The minimum absolute atomic E-state index is 0.108. The molecule has 148 valence electrons. The molecule has 3 N–H and O–H groups in total. The number of rotatable bonds is 8. The molecular weight excluding hydrogens is 354 g/mol. The van der Waals surface area contributed by atoms with Gasteiger partial charge in [-0.15, -0.1) is 0 Å². The minimum atomic E-state index is -0.108. The van der Waals surface area contributed by atoms with E-state index in [0.717, 1.165) is 23.4 Å². The number of amides is 1. The molecule has 0 spiro atoms. The summed E-state index contributed by atoms with van der Waals surface area (Å²) in [6.45, 7) is 12.1. The van der Waals surface area contributed by atoms with Gasteiger partial charge in [0.25, 0.3) is 5.91 Å². The average molecular weight is 388 g/mol. The van der Waals surface area contributed by atoms with Crippen molar-refractivity contribution >= 4 is 22.6 Å². The summed E-state index contributed by atoms with van der Waals surface area (Å²) in [6.07, 6.45) is 3.43. The second-order valence-corrected chi connectivity index (χ2v) is 8.71. The number of hydrogen-bond donors (Lipinski definition) is 2. The highest BCUT2D eigenvalue weighted by Crippen LogP contribution is 2.36. The molecule has 1 amide bonds. The third-order valence-corrected chi connectivity index (χ3v) is 6.29. The lowest BCUT2D eigenvalue weighted by Crippen LogP contribution is -2.32. The van der Waals surface area contributed by atoms with Crippen molar-refractivity contribution in [2.45, 2.75) is 52.0 Å². The lowest BCUT2D eigenvalue weighted by molar-refractivity contribution is -0.116. The highest BCUT2D eigenvalue weighted by molar-refractivity contribution is 8.12. The van der Waals surface area contributed by atoms with E-state index in [4.69, 9.17) is 5.73 Å². The number of likely N-dealkylation sites (tertiary alicyclic amines) is 1. The molecule has 1 aromatic carbocycles. The zero-order chi connectivity index (χ0) is 20.0. The van der Waals surface area contributed by atoms with Crippen LogP contribution in [0.5, 0.6) is 0 Å². The maximum absolute atomic E-state index is 12.7. The molecule has 0 aromatic heterocycles. The number of nitrogens with two attached hydrogens (primary N) is 1. The average Bonchev–Trinajstić information content (AvgIpc) is 3.04. The van der Waals surface area contributed by atoms with Crippen molar-refractivity contribution in [1.82, 2.24) is 10.2 Å². The Labute approximate surface area is 168 Å². The number of hydrogen-bond acceptors (Lipinski definition) is 4. The molecule has 1 atom stereocenters. The molecule has 5 heteroatoms. The Morgan fingerprint density at radius 1 is 1.41 bits per heavy atom. The predicted octanol–water partition coefficient (Wildman–Crippen LogP) is 4.30. The maximum Gasteiger partial charge on any atom is 0.259 e. The van der Waals surface area contributed by atoms with E-state index in [1.54, 1.807) is 6.92 Å². The van der Waals surface area contributed by atoms with Gasteiger partial charge in [-0.2, -0.15) is 0 Å². The Kier molecular flexibility index (Phi) is 7.99. The molecule has 1 aromatic rings. The first-order valence-electron chi connectivity index (χ1n) is 9.72. The summed E-state index contributed by atoms with van der Waals surface area (Å²) in [6, 6.07) is 8.78. The molecule has 1 aliphatic rings. The van der Waals surface area contributed by atoms with Crippen LogP contribution in [-0.2, 0) is 4.79 Å². The first kappa shape index (κ1) is 21.6. The van der Waals surface area contributed by atoms with E-state index >= 15 is 0 Å². The molecule has 1 saturated heterocycles. The summed E-state index contributed by atoms with van der Waals surface area (Å²) in [7, 11) is 2.15. The van der Waals surface area contributed by atoms with Crippen LogP contribution in [0.4, 0.5) is 0 Å². The summed E-state index contributed by atoms with van der Waals surface area (Å²) >= 11 is 1.37. The first-order chi connectivity index (χ1) is 12.8. The summed E-state index contributed by atoms with van der Waals surface area (Å²) in [5.41, 5.74) is 8.86. The summed E-state index contributed by atoms with van der Waals surface area (Å²) in [4.78, 5) is 16.5. The van der Waals surface area contributed by atoms with E-state index in [2.05, 4.69) is 49.8 Å². The molecule has 0 aliphatic carbocycles. The highest BCUT2D eigenvalue weighted by atomic mass is 32.2. The number of benzene rings is 1.